The zero-order valence-electron chi connectivity index (χ0n) is 16.1. The van der Waals surface area contributed by atoms with Crippen molar-refractivity contribution in [2.45, 2.75) is 31.2 Å². The summed E-state index contributed by atoms with van der Waals surface area (Å²) in [4.78, 5) is 12.3. The third-order valence-electron chi connectivity index (χ3n) is 4.34. The normalized spacial score (nSPS) is 11.9. The molecular formula is C19H23N5O3S. The second-order valence-corrected chi connectivity index (χ2v) is 8.92. The summed E-state index contributed by atoms with van der Waals surface area (Å²) in [5.41, 5.74) is 3.11. The Balaban J connectivity index is 1.63. The third-order valence-corrected chi connectivity index (χ3v) is 6.15. The van der Waals surface area contributed by atoms with Crippen LogP contribution < -0.4 is 5.32 Å². The lowest BCUT2D eigenvalue weighted by Crippen LogP contribution is -2.22. The van der Waals surface area contributed by atoms with Crippen LogP contribution in [0, 0.1) is 6.92 Å². The minimum Gasteiger partial charge on any atom is -0.326 e. The van der Waals surface area contributed by atoms with Crippen LogP contribution in [0.2, 0.25) is 0 Å². The van der Waals surface area contributed by atoms with E-state index >= 15 is 0 Å². The molecule has 9 heteroatoms. The molecule has 1 heterocycles. The first-order valence-electron chi connectivity index (χ1n) is 8.89. The molecule has 0 saturated heterocycles. The Hall–Kier alpha value is -2.78. The molecule has 0 aliphatic rings. The highest BCUT2D eigenvalue weighted by atomic mass is 32.2. The second-order valence-electron chi connectivity index (χ2n) is 6.77. The molecule has 0 radical (unpaired) electrons. The molecule has 0 saturated carbocycles. The van der Waals surface area contributed by atoms with Crippen LogP contribution in [-0.2, 0) is 21.4 Å². The first-order chi connectivity index (χ1) is 13.3. The van der Waals surface area contributed by atoms with Gasteiger partial charge in [0.2, 0.25) is 15.9 Å². The van der Waals surface area contributed by atoms with Gasteiger partial charge in [0.1, 0.15) is 5.52 Å². The number of fused-ring (bicyclic) bond motifs is 1. The Morgan fingerprint density at radius 1 is 1.18 bits per heavy atom. The molecule has 0 bridgehead atoms. The number of hydrogen-bond acceptors (Lipinski definition) is 5. The topological polar surface area (TPSA) is 97.2 Å². The Kier molecular flexibility index (Phi) is 5.76. The van der Waals surface area contributed by atoms with E-state index in [0.29, 0.717) is 24.9 Å². The van der Waals surface area contributed by atoms with Crippen LogP contribution in [-0.4, -0.2) is 47.7 Å². The van der Waals surface area contributed by atoms with Gasteiger partial charge in [-0.25, -0.2) is 17.4 Å². The minimum atomic E-state index is -3.52. The van der Waals surface area contributed by atoms with E-state index in [-0.39, 0.29) is 10.8 Å². The molecule has 0 fully saturated rings. The minimum absolute atomic E-state index is 0.0608. The molecular weight excluding hydrogens is 378 g/mol. The molecule has 0 aliphatic carbocycles. The Morgan fingerprint density at radius 2 is 1.96 bits per heavy atom. The standard InChI is InChI=1S/C19H23N5O3S/c1-14-6-4-7-15(12-14)20-19(25)8-5-11-24-18-10-9-16(13-17(18)21-22-24)28(26,27)23(2)3/h4,6-7,9-10,12-13H,5,8,11H2,1-3H3,(H,20,25). The van der Waals surface area contributed by atoms with Crippen molar-refractivity contribution < 1.29 is 13.2 Å². The van der Waals surface area contributed by atoms with Gasteiger partial charge in [-0.1, -0.05) is 17.3 Å². The summed E-state index contributed by atoms with van der Waals surface area (Å²) in [6, 6.07) is 12.4. The molecule has 3 rings (SSSR count). The Morgan fingerprint density at radius 3 is 2.68 bits per heavy atom. The number of amides is 1. The number of carbonyl (C=O) groups excluding carboxylic acids is 1. The van der Waals surface area contributed by atoms with Crippen LogP contribution >= 0.6 is 0 Å². The molecule has 28 heavy (non-hydrogen) atoms. The van der Waals surface area contributed by atoms with E-state index in [2.05, 4.69) is 15.6 Å². The average Bonchev–Trinajstić information content (AvgIpc) is 3.04. The molecule has 2 aromatic carbocycles. The summed E-state index contributed by atoms with van der Waals surface area (Å²) in [5, 5.41) is 11.0. The van der Waals surface area contributed by atoms with Crippen molar-refractivity contribution in [3.8, 4) is 0 Å². The number of benzene rings is 2. The molecule has 3 aromatic rings. The molecule has 0 unspecified atom stereocenters. The lowest BCUT2D eigenvalue weighted by molar-refractivity contribution is -0.116. The number of aromatic nitrogens is 3. The lowest BCUT2D eigenvalue weighted by Gasteiger charge is -2.11. The van der Waals surface area contributed by atoms with Crippen molar-refractivity contribution in [2.75, 3.05) is 19.4 Å². The average molecular weight is 401 g/mol. The van der Waals surface area contributed by atoms with Gasteiger partial charge in [-0.2, -0.15) is 0 Å². The fourth-order valence-corrected chi connectivity index (χ4v) is 3.75. The van der Waals surface area contributed by atoms with Crippen LogP contribution in [0.5, 0.6) is 0 Å². The van der Waals surface area contributed by atoms with Crippen LogP contribution in [0.4, 0.5) is 5.69 Å². The molecule has 1 amide bonds. The quantitative estimate of drug-likeness (QED) is 0.656. The van der Waals surface area contributed by atoms with Crippen LogP contribution in [0.3, 0.4) is 0 Å². The first-order valence-corrected chi connectivity index (χ1v) is 10.3. The number of carbonyl (C=O) groups is 1. The molecule has 0 spiro atoms. The van der Waals surface area contributed by atoms with Crippen molar-refractivity contribution in [1.82, 2.24) is 19.3 Å². The molecule has 8 nitrogen and oxygen atoms in total. The third kappa shape index (κ3) is 4.37. The predicted molar refractivity (Wildman–Crippen MR) is 107 cm³/mol. The van der Waals surface area contributed by atoms with Gasteiger partial charge in [0, 0.05) is 32.7 Å². The van der Waals surface area contributed by atoms with Crippen molar-refractivity contribution >= 4 is 32.7 Å². The number of sulfonamides is 1. The van der Waals surface area contributed by atoms with Crippen molar-refractivity contribution in [1.29, 1.82) is 0 Å². The van der Waals surface area contributed by atoms with Crippen LogP contribution in [0.25, 0.3) is 11.0 Å². The van der Waals surface area contributed by atoms with Gasteiger partial charge >= 0.3 is 0 Å². The molecule has 1 N–H and O–H groups in total. The Labute approximate surface area is 164 Å². The predicted octanol–water partition coefficient (Wildman–Crippen LogP) is 2.41. The smallest absolute Gasteiger partial charge is 0.242 e. The zero-order valence-corrected chi connectivity index (χ0v) is 16.9. The Bertz CT molecular complexity index is 1110. The number of anilines is 1. The van der Waals surface area contributed by atoms with Crippen molar-refractivity contribution in [3.63, 3.8) is 0 Å². The number of rotatable bonds is 7. The monoisotopic (exact) mass is 401 g/mol. The maximum absolute atomic E-state index is 12.2. The van der Waals surface area contributed by atoms with Crippen LogP contribution in [0.15, 0.2) is 47.4 Å². The summed E-state index contributed by atoms with van der Waals surface area (Å²) < 4.78 is 27.3. The van der Waals surface area contributed by atoms with Crippen molar-refractivity contribution in [3.05, 3.63) is 48.0 Å². The summed E-state index contributed by atoms with van der Waals surface area (Å²) in [7, 11) is -0.548. The summed E-state index contributed by atoms with van der Waals surface area (Å²) in [6.07, 6.45) is 0.941. The van der Waals surface area contributed by atoms with Gasteiger partial charge in [0.05, 0.1) is 10.4 Å². The first kappa shape index (κ1) is 20.0. The fourth-order valence-electron chi connectivity index (χ4n) is 2.82. The van der Waals surface area contributed by atoms with Gasteiger partial charge in [-0.15, -0.1) is 5.10 Å². The number of nitrogens with zero attached hydrogens (tertiary/aromatic N) is 4. The number of hydrogen-bond donors (Lipinski definition) is 1. The highest BCUT2D eigenvalue weighted by Crippen LogP contribution is 2.19. The molecule has 1 aromatic heterocycles. The van der Waals surface area contributed by atoms with E-state index < -0.39 is 10.0 Å². The van der Waals surface area contributed by atoms with Gasteiger partial charge in [0.15, 0.2) is 0 Å². The number of aryl methyl sites for hydroxylation is 2. The van der Waals surface area contributed by atoms with E-state index in [1.54, 1.807) is 16.8 Å². The summed E-state index contributed by atoms with van der Waals surface area (Å²) in [5.74, 6) is -0.0608. The van der Waals surface area contributed by atoms with E-state index in [9.17, 15) is 13.2 Å². The van der Waals surface area contributed by atoms with E-state index in [1.807, 2.05) is 31.2 Å². The highest BCUT2D eigenvalue weighted by molar-refractivity contribution is 7.89. The molecule has 148 valence electrons. The SMILES string of the molecule is Cc1cccc(NC(=O)CCCn2nnc3cc(S(=O)(=O)N(C)C)ccc32)c1. The number of nitrogens with one attached hydrogen (secondary N) is 1. The van der Waals surface area contributed by atoms with E-state index in [4.69, 9.17) is 0 Å². The van der Waals surface area contributed by atoms with E-state index in [0.717, 1.165) is 21.1 Å². The molecule has 0 aliphatic heterocycles. The van der Waals surface area contributed by atoms with Crippen LogP contribution in [0.1, 0.15) is 18.4 Å². The van der Waals surface area contributed by atoms with E-state index in [1.165, 1.54) is 20.2 Å². The summed E-state index contributed by atoms with van der Waals surface area (Å²) in [6.45, 7) is 2.48. The summed E-state index contributed by atoms with van der Waals surface area (Å²) >= 11 is 0. The highest BCUT2D eigenvalue weighted by Gasteiger charge is 2.18. The maximum atomic E-state index is 12.2. The second kappa shape index (κ2) is 8.07. The van der Waals surface area contributed by atoms with Gasteiger partial charge in [0.25, 0.3) is 0 Å². The fraction of sp³-hybridized carbons (Fsp3) is 0.316. The molecule has 0 atom stereocenters. The van der Waals surface area contributed by atoms with Gasteiger partial charge in [-0.3, -0.25) is 4.79 Å². The van der Waals surface area contributed by atoms with Gasteiger partial charge < -0.3 is 5.32 Å². The lowest BCUT2D eigenvalue weighted by atomic mass is 10.2. The zero-order chi connectivity index (χ0) is 20.3. The van der Waals surface area contributed by atoms with Gasteiger partial charge in [-0.05, 0) is 49.2 Å². The largest absolute Gasteiger partial charge is 0.326 e. The van der Waals surface area contributed by atoms with Crippen molar-refractivity contribution in [2.24, 2.45) is 0 Å². The maximum Gasteiger partial charge on any atom is 0.242 e.